The lowest BCUT2D eigenvalue weighted by Crippen LogP contribution is -2.59. The third kappa shape index (κ3) is 4.38. The van der Waals surface area contributed by atoms with Crippen molar-refractivity contribution in [2.24, 2.45) is 0 Å². The summed E-state index contributed by atoms with van der Waals surface area (Å²) >= 11 is 0. The Labute approximate surface area is 151 Å². The fraction of sp³-hybridized carbons (Fsp3) is 0.471. The van der Waals surface area contributed by atoms with Gasteiger partial charge in [-0.1, -0.05) is 18.2 Å². The molecule has 0 aromatic heterocycles. The molecule has 26 heavy (non-hydrogen) atoms. The number of nitrogens with one attached hydrogen (secondary N) is 1. The van der Waals surface area contributed by atoms with E-state index < -0.39 is 36.1 Å². The molecule has 1 aliphatic heterocycles. The molecular weight excluding hydrogens is 359 g/mol. The van der Waals surface area contributed by atoms with Crippen LogP contribution in [0.4, 0.5) is 4.79 Å². The van der Waals surface area contributed by atoms with Gasteiger partial charge in [-0.05, 0) is 19.1 Å². The molecule has 1 aliphatic rings. The Balaban J connectivity index is 1.93. The summed E-state index contributed by atoms with van der Waals surface area (Å²) < 4.78 is 11.6. The van der Waals surface area contributed by atoms with Crippen LogP contribution in [0.25, 0.3) is 0 Å². The molecule has 1 fully saturated rings. The maximum absolute atomic E-state index is 12.5. The zero-order valence-corrected chi connectivity index (χ0v) is 15.5. The number of nitrogens with zero attached hydrogens (tertiary/aromatic N) is 1. The van der Waals surface area contributed by atoms with Gasteiger partial charge < -0.3 is 15.3 Å². The first-order valence-electron chi connectivity index (χ1n) is 8.48. The van der Waals surface area contributed by atoms with E-state index in [-0.39, 0.29) is 25.2 Å². The molecule has 2 unspecified atom stereocenters. The second-order valence-corrected chi connectivity index (χ2v) is 9.07. The summed E-state index contributed by atoms with van der Waals surface area (Å²) in [5.41, 5.74) is 0.428. The highest BCUT2D eigenvalue weighted by Gasteiger charge is 2.54. The molecular formula is C17H24N2O6P+. The highest BCUT2D eigenvalue weighted by Crippen LogP contribution is 2.42. The van der Waals surface area contributed by atoms with Crippen LogP contribution in [0.2, 0.25) is 0 Å². The van der Waals surface area contributed by atoms with Crippen LogP contribution in [0.1, 0.15) is 30.1 Å². The normalized spacial score (nSPS) is 24.6. The van der Waals surface area contributed by atoms with E-state index in [9.17, 15) is 28.9 Å². The summed E-state index contributed by atoms with van der Waals surface area (Å²) in [7, 11) is -3.90. The van der Waals surface area contributed by atoms with Crippen molar-refractivity contribution in [3.63, 3.8) is 0 Å². The van der Waals surface area contributed by atoms with Crippen LogP contribution in [-0.4, -0.2) is 63.8 Å². The Morgan fingerprint density at radius 2 is 1.92 bits per heavy atom. The number of benzene rings is 1. The number of rotatable bonds is 6. The van der Waals surface area contributed by atoms with Gasteiger partial charge in [-0.3, -0.25) is 9.36 Å². The van der Waals surface area contributed by atoms with Crippen molar-refractivity contribution in [2.75, 3.05) is 25.4 Å². The van der Waals surface area contributed by atoms with Crippen molar-refractivity contribution < 1.29 is 33.4 Å². The fourth-order valence-corrected chi connectivity index (χ4v) is 4.58. The molecule has 142 valence electrons. The second kappa shape index (κ2) is 8.12. The number of hydrogen-bond acceptors (Lipinski definition) is 4. The molecule has 9 heteroatoms. The molecule has 3 atom stereocenters. The van der Waals surface area contributed by atoms with Crippen LogP contribution in [0, 0.1) is 0 Å². The van der Waals surface area contributed by atoms with Crippen LogP contribution >= 0.6 is 7.37 Å². The molecule has 3 amide bonds. The minimum absolute atomic E-state index is 0.0720. The fourth-order valence-electron chi connectivity index (χ4n) is 3.29. The van der Waals surface area contributed by atoms with Crippen molar-refractivity contribution in [1.82, 2.24) is 5.32 Å². The van der Waals surface area contributed by atoms with Gasteiger partial charge >= 0.3 is 12.0 Å². The highest BCUT2D eigenvalue weighted by atomic mass is 31.2. The lowest BCUT2D eigenvalue weighted by molar-refractivity contribution is -0.791. The summed E-state index contributed by atoms with van der Waals surface area (Å²) in [4.78, 5) is 46.2. The van der Waals surface area contributed by atoms with Gasteiger partial charge in [-0.2, -0.15) is 9.28 Å². The first kappa shape index (κ1) is 20.3. The number of quaternary nitrogens is 1. The zero-order chi connectivity index (χ0) is 19.4. The monoisotopic (exact) mass is 383 g/mol. The van der Waals surface area contributed by atoms with Gasteiger partial charge in [0.15, 0.2) is 0 Å². The van der Waals surface area contributed by atoms with E-state index in [1.807, 2.05) is 0 Å². The largest absolute Gasteiger partial charge is 0.521 e. The van der Waals surface area contributed by atoms with Crippen LogP contribution in [0.5, 0.6) is 0 Å². The summed E-state index contributed by atoms with van der Waals surface area (Å²) in [6.07, 6.45) is -1.10. The number of amides is 3. The second-order valence-electron chi connectivity index (χ2n) is 6.61. The molecule has 1 heterocycles. The van der Waals surface area contributed by atoms with Crippen molar-refractivity contribution >= 4 is 25.3 Å². The lowest BCUT2D eigenvalue weighted by atomic mass is 10.2. The van der Waals surface area contributed by atoms with Gasteiger partial charge in [-0.15, -0.1) is 0 Å². The number of imide groups is 1. The third-order valence-electron chi connectivity index (χ3n) is 4.84. The van der Waals surface area contributed by atoms with Crippen LogP contribution in [-0.2, 0) is 9.36 Å². The van der Waals surface area contributed by atoms with Gasteiger partial charge in [0, 0.05) is 31.1 Å². The minimum atomic E-state index is -3.90. The predicted octanol–water partition coefficient (Wildman–Crippen LogP) is 1.89. The van der Waals surface area contributed by atoms with Crippen LogP contribution in [0.3, 0.4) is 0 Å². The quantitative estimate of drug-likeness (QED) is 0.510. The van der Waals surface area contributed by atoms with Gasteiger partial charge in [0.1, 0.15) is 12.2 Å². The van der Waals surface area contributed by atoms with E-state index in [1.54, 1.807) is 37.3 Å². The van der Waals surface area contributed by atoms with Crippen LogP contribution in [0.15, 0.2) is 30.3 Å². The SMILES string of the molecule is C[C@@H]1CCC[N+]1(C(=O)O)C(=O)CP(=O)(O)CCNC(=O)c1ccccc1. The topological polar surface area (TPSA) is 121 Å². The Morgan fingerprint density at radius 3 is 2.46 bits per heavy atom. The Bertz CT molecular complexity index is 738. The summed E-state index contributed by atoms with van der Waals surface area (Å²) in [5.74, 6) is -1.12. The number of carboxylic acid groups (broad SMARTS) is 1. The van der Waals surface area contributed by atoms with Crippen LogP contribution < -0.4 is 5.32 Å². The summed E-state index contributed by atoms with van der Waals surface area (Å²) in [6, 6.07) is 8.00. The van der Waals surface area contributed by atoms with Gasteiger partial charge in [0.25, 0.3) is 5.91 Å². The average Bonchev–Trinajstić information content (AvgIpc) is 2.97. The molecule has 2 rings (SSSR count). The summed E-state index contributed by atoms with van der Waals surface area (Å²) in [6.45, 7) is 1.74. The first-order chi connectivity index (χ1) is 12.2. The maximum atomic E-state index is 12.5. The Morgan fingerprint density at radius 1 is 1.27 bits per heavy atom. The van der Waals surface area contributed by atoms with Gasteiger partial charge in [-0.25, -0.2) is 4.79 Å². The van der Waals surface area contributed by atoms with E-state index in [4.69, 9.17) is 0 Å². The number of likely N-dealkylation sites (tertiary alicyclic amines) is 1. The molecule has 1 saturated heterocycles. The molecule has 8 nitrogen and oxygen atoms in total. The molecule has 0 spiro atoms. The first-order valence-corrected chi connectivity index (χ1v) is 10.5. The van der Waals surface area contributed by atoms with Crippen molar-refractivity contribution in [1.29, 1.82) is 0 Å². The number of hydrogen-bond donors (Lipinski definition) is 3. The number of carbonyl (C=O) groups is 3. The van der Waals surface area contributed by atoms with Gasteiger partial charge in [0.2, 0.25) is 7.37 Å². The molecule has 0 radical (unpaired) electrons. The van der Waals surface area contributed by atoms with Gasteiger partial charge in [0.05, 0.1) is 6.54 Å². The minimum Gasteiger partial charge on any atom is -0.435 e. The standard InChI is InChI=1S/C17H23N2O6P/c1-13-6-5-10-19(13,17(22)23)15(20)12-26(24,25)11-9-18-16(21)14-7-3-2-4-8-14/h2-4,7-8,13H,5-6,9-12H2,1H3,(H2-,18,21,22,23,24,25)/p+1/t13-,19?/m1/s1. The lowest BCUT2D eigenvalue weighted by Gasteiger charge is -2.30. The van der Waals surface area contributed by atoms with E-state index in [2.05, 4.69) is 5.32 Å². The average molecular weight is 383 g/mol. The van der Waals surface area contributed by atoms with E-state index >= 15 is 0 Å². The van der Waals surface area contributed by atoms with Crippen molar-refractivity contribution in [3.8, 4) is 0 Å². The third-order valence-corrected chi connectivity index (χ3v) is 6.52. The molecule has 0 bridgehead atoms. The van der Waals surface area contributed by atoms with Crippen molar-refractivity contribution in [3.05, 3.63) is 35.9 Å². The van der Waals surface area contributed by atoms with Crippen molar-refractivity contribution in [2.45, 2.75) is 25.8 Å². The predicted molar refractivity (Wildman–Crippen MR) is 95.2 cm³/mol. The smallest absolute Gasteiger partial charge is 0.435 e. The Hall–Kier alpha value is -2.02. The maximum Gasteiger partial charge on any atom is 0.521 e. The number of carbonyl (C=O) groups excluding carboxylic acids is 2. The highest BCUT2D eigenvalue weighted by molar-refractivity contribution is 7.58. The molecule has 1 aromatic rings. The molecule has 3 N–H and O–H groups in total. The molecule has 0 aliphatic carbocycles. The van der Waals surface area contributed by atoms with E-state index in [1.165, 1.54) is 0 Å². The van der Waals surface area contributed by atoms with E-state index in [0.717, 1.165) is 0 Å². The molecule has 0 saturated carbocycles. The Kier molecular flexibility index (Phi) is 6.34. The zero-order valence-electron chi connectivity index (χ0n) is 14.6. The van der Waals surface area contributed by atoms with E-state index in [0.29, 0.717) is 18.4 Å². The summed E-state index contributed by atoms with van der Waals surface area (Å²) in [5, 5.41) is 12.0. The molecule has 1 aromatic carbocycles.